The van der Waals surface area contributed by atoms with E-state index in [2.05, 4.69) is 4.74 Å². The lowest BCUT2D eigenvalue weighted by molar-refractivity contribution is -0.135. The molecular weight excluding hydrogens is 251 g/mol. The average molecular weight is 268 g/mol. The van der Waals surface area contributed by atoms with Crippen molar-refractivity contribution < 1.29 is 23.1 Å². The van der Waals surface area contributed by atoms with E-state index in [-0.39, 0.29) is 0 Å². The molecule has 0 aromatic carbocycles. The van der Waals surface area contributed by atoms with Gasteiger partial charge in [-0.25, -0.2) is 4.79 Å². The quantitative estimate of drug-likeness (QED) is 0.306. The number of carbonyl (C=O) groups is 1. The summed E-state index contributed by atoms with van der Waals surface area (Å²) in [5.41, 5.74) is 0. The van der Waals surface area contributed by atoms with Crippen molar-refractivity contribution in [2.45, 2.75) is 20.8 Å². The fraction of sp³-hybridized carbons (Fsp3) is 0.667. The van der Waals surface area contributed by atoms with Gasteiger partial charge in [-0.3, -0.25) is 9.05 Å². The van der Waals surface area contributed by atoms with Crippen molar-refractivity contribution in [2.75, 3.05) is 20.3 Å². The Morgan fingerprint density at radius 2 is 1.81 bits per heavy atom. The zero-order chi connectivity index (χ0) is 12.6. The molecule has 0 amide bonds. The fourth-order valence-corrected chi connectivity index (χ4v) is 3.04. The summed E-state index contributed by atoms with van der Waals surface area (Å²) >= 11 is 5.12. The van der Waals surface area contributed by atoms with Gasteiger partial charge in [-0.05, 0) is 20.8 Å². The largest absolute Gasteiger partial charge is 0.466 e. The molecule has 0 saturated heterocycles. The lowest BCUT2D eigenvalue weighted by Crippen LogP contribution is -2.01. The molecule has 0 atom stereocenters. The van der Waals surface area contributed by atoms with Crippen LogP contribution in [0, 0.1) is 0 Å². The summed E-state index contributed by atoms with van der Waals surface area (Å²) in [4.78, 5) is 10.9. The predicted octanol–water partition coefficient (Wildman–Crippen LogP) is 2.38. The maximum Gasteiger partial charge on any atom is 0.380 e. The van der Waals surface area contributed by atoms with Crippen molar-refractivity contribution in [3.63, 3.8) is 0 Å². The Bertz CT molecular complexity index is 292. The Morgan fingerprint density at radius 3 is 2.19 bits per heavy atom. The van der Waals surface area contributed by atoms with E-state index in [0.717, 1.165) is 0 Å². The highest BCUT2D eigenvalue weighted by Gasteiger charge is 2.21. The van der Waals surface area contributed by atoms with E-state index in [1.54, 1.807) is 20.8 Å². The van der Waals surface area contributed by atoms with Crippen molar-refractivity contribution in [2.24, 2.45) is 0 Å². The molecule has 0 aliphatic rings. The van der Waals surface area contributed by atoms with Crippen molar-refractivity contribution in [1.82, 2.24) is 0 Å². The number of ether oxygens (including phenoxy) is 1. The number of esters is 1. The third kappa shape index (κ3) is 6.23. The van der Waals surface area contributed by atoms with Crippen LogP contribution in [0.15, 0.2) is 11.8 Å². The monoisotopic (exact) mass is 268 g/mol. The Morgan fingerprint density at radius 1 is 1.31 bits per heavy atom. The highest BCUT2D eigenvalue weighted by molar-refractivity contribution is 8.07. The molecule has 0 aromatic heterocycles. The molecule has 0 fully saturated rings. The zero-order valence-corrected chi connectivity index (χ0v) is 11.6. The smallest absolute Gasteiger partial charge is 0.380 e. The summed E-state index contributed by atoms with van der Waals surface area (Å²) in [6.45, 7) is 3.18. The van der Waals surface area contributed by atoms with E-state index >= 15 is 0 Å². The van der Waals surface area contributed by atoms with Crippen molar-refractivity contribution in [1.29, 1.82) is 0 Å². The van der Waals surface area contributed by atoms with E-state index in [1.807, 2.05) is 0 Å². The third-order valence-electron chi connectivity index (χ3n) is 1.35. The first kappa shape index (κ1) is 15.6. The minimum Gasteiger partial charge on any atom is -0.466 e. The molecule has 16 heavy (non-hydrogen) atoms. The third-order valence-corrected chi connectivity index (χ3v) is 3.87. The number of hydrogen-bond donors (Lipinski definition) is 0. The maximum atomic E-state index is 10.9. The van der Waals surface area contributed by atoms with Crippen LogP contribution in [0.25, 0.3) is 0 Å². The van der Waals surface area contributed by atoms with Gasteiger partial charge in [0.15, 0.2) is 0 Å². The van der Waals surface area contributed by atoms with Crippen molar-refractivity contribution >= 4 is 24.5 Å². The zero-order valence-electron chi connectivity index (χ0n) is 9.89. The molecule has 0 heterocycles. The highest BCUT2D eigenvalue weighted by Crippen LogP contribution is 2.51. The molecule has 5 nitrogen and oxygen atoms in total. The minimum absolute atomic E-state index is 0.317. The summed E-state index contributed by atoms with van der Waals surface area (Å²) in [6, 6.07) is 0. The summed E-state index contributed by atoms with van der Waals surface area (Å²) in [6.07, 6.45) is 1.19. The second kappa shape index (κ2) is 7.79. The molecule has 0 rings (SSSR count). The first-order valence-electron chi connectivity index (χ1n) is 4.82. The molecular formula is C9H17O5PS. The number of hydrogen-bond acceptors (Lipinski definition) is 6. The van der Waals surface area contributed by atoms with Gasteiger partial charge < -0.3 is 9.26 Å². The van der Waals surface area contributed by atoms with Crippen LogP contribution in [0.5, 0.6) is 0 Å². The molecule has 0 aromatic rings. The van der Waals surface area contributed by atoms with Gasteiger partial charge in [0.2, 0.25) is 0 Å². The summed E-state index contributed by atoms with van der Waals surface area (Å²) in [5.74, 6) is -0.191. The molecule has 0 bridgehead atoms. The highest BCUT2D eigenvalue weighted by atomic mass is 32.5. The van der Waals surface area contributed by atoms with E-state index in [0.29, 0.717) is 19.0 Å². The normalized spacial score (nSPS) is 12.4. The van der Waals surface area contributed by atoms with Crippen LogP contribution < -0.4 is 0 Å². The van der Waals surface area contributed by atoms with Gasteiger partial charge in [0.05, 0.1) is 26.4 Å². The summed E-state index contributed by atoms with van der Waals surface area (Å²) < 4.78 is 20.3. The SMILES string of the molecule is CCOP(=S)(OCC)O/C(C)=C\C(=O)OC. The molecule has 0 radical (unpaired) electrons. The Kier molecular flexibility index (Phi) is 7.58. The first-order valence-corrected chi connectivity index (χ1v) is 7.38. The van der Waals surface area contributed by atoms with Crippen LogP contribution in [0.4, 0.5) is 0 Å². The van der Waals surface area contributed by atoms with E-state index in [4.69, 9.17) is 25.4 Å². The molecule has 0 saturated carbocycles. The Balaban J connectivity index is 4.57. The van der Waals surface area contributed by atoms with Gasteiger partial charge in [-0.15, -0.1) is 0 Å². The molecule has 0 aliphatic carbocycles. The topological polar surface area (TPSA) is 54.0 Å². The first-order chi connectivity index (χ1) is 7.47. The van der Waals surface area contributed by atoms with Gasteiger partial charge in [0.25, 0.3) is 0 Å². The molecule has 94 valence electrons. The van der Waals surface area contributed by atoms with Gasteiger partial charge in [0, 0.05) is 11.8 Å². The van der Waals surface area contributed by atoms with E-state index in [9.17, 15) is 4.79 Å². The summed E-state index contributed by atoms with van der Waals surface area (Å²) in [7, 11) is 1.29. The molecule has 0 aliphatic heterocycles. The number of carbonyl (C=O) groups excluding carboxylic acids is 1. The second-order valence-electron chi connectivity index (χ2n) is 2.65. The van der Waals surface area contributed by atoms with Crippen LogP contribution in [0.2, 0.25) is 0 Å². The Labute approximate surface area is 101 Å². The molecule has 0 spiro atoms. The van der Waals surface area contributed by atoms with E-state index < -0.39 is 12.7 Å². The predicted molar refractivity (Wildman–Crippen MR) is 64.4 cm³/mol. The lowest BCUT2D eigenvalue weighted by Gasteiger charge is -2.21. The van der Waals surface area contributed by atoms with Crippen LogP contribution in [0.3, 0.4) is 0 Å². The van der Waals surface area contributed by atoms with Gasteiger partial charge in [-0.1, -0.05) is 0 Å². The average Bonchev–Trinajstić information content (AvgIpc) is 2.17. The van der Waals surface area contributed by atoms with E-state index in [1.165, 1.54) is 13.2 Å². The number of rotatable bonds is 7. The van der Waals surface area contributed by atoms with Crippen molar-refractivity contribution in [3.05, 3.63) is 11.8 Å². The maximum absolute atomic E-state index is 10.9. The lowest BCUT2D eigenvalue weighted by atomic mass is 10.5. The van der Waals surface area contributed by atoms with Crippen LogP contribution >= 0.6 is 6.72 Å². The molecule has 0 unspecified atom stereocenters. The Hall–Kier alpha value is -0.420. The fourth-order valence-electron chi connectivity index (χ4n) is 0.834. The minimum atomic E-state index is -2.78. The van der Waals surface area contributed by atoms with Gasteiger partial charge >= 0.3 is 12.7 Å². The van der Waals surface area contributed by atoms with Gasteiger partial charge in [0.1, 0.15) is 5.76 Å². The molecule has 0 N–H and O–H groups in total. The van der Waals surface area contributed by atoms with Gasteiger partial charge in [-0.2, -0.15) is 0 Å². The molecule has 7 heteroatoms. The van der Waals surface area contributed by atoms with Crippen LogP contribution in [-0.4, -0.2) is 26.3 Å². The summed E-state index contributed by atoms with van der Waals surface area (Å²) in [5, 5.41) is 0. The second-order valence-corrected chi connectivity index (χ2v) is 5.59. The van der Waals surface area contributed by atoms with Crippen LogP contribution in [0.1, 0.15) is 20.8 Å². The van der Waals surface area contributed by atoms with Crippen molar-refractivity contribution in [3.8, 4) is 0 Å². The van der Waals surface area contributed by atoms with Crippen LogP contribution in [-0.2, 0) is 34.9 Å². The standard InChI is InChI=1S/C9H17O5PS/c1-5-12-15(16,13-6-2)14-8(3)7-9(10)11-4/h7H,5-6H2,1-4H3/b8-7-. The number of allylic oxidation sites excluding steroid dienone is 1. The number of methoxy groups -OCH3 is 1.